The lowest BCUT2D eigenvalue weighted by Crippen LogP contribution is -2.49. The van der Waals surface area contributed by atoms with Gasteiger partial charge in [0.25, 0.3) is 0 Å². The Morgan fingerprint density at radius 2 is 2.03 bits per heavy atom. The average molecular weight is 529 g/mol. The van der Waals surface area contributed by atoms with Gasteiger partial charge in [-0.3, -0.25) is 0 Å². The number of hydrogen-bond acceptors (Lipinski definition) is 4. The number of halogens is 2. The van der Waals surface area contributed by atoms with Crippen molar-refractivity contribution < 1.29 is 4.39 Å². The summed E-state index contributed by atoms with van der Waals surface area (Å²) in [5, 5.41) is 15.3. The number of nitrogens with zero attached hydrogens (tertiary/aromatic N) is 5. The molecule has 3 rings (SSSR count). The third kappa shape index (κ3) is 6.82. The number of aromatic nitrogens is 3. The highest BCUT2D eigenvalue weighted by Crippen LogP contribution is 2.20. The molecule has 30 heavy (non-hydrogen) atoms. The molecule has 0 bridgehead atoms. The molecule has 7 nitrogen and oxygen atoms in total. The minimum atomic E-state index is -0.184. The van der Waals surface area contributed by atoms with E-state index in [0.717, 1.165) is 68.6 Å². The van der Waals surface area contributed by atoms with Gasteiger partial charge in [-0.05, 0) is 44.4 Å². The highest BCUT2D eigenvalue weighted by molar-refractivity contribution is 14.0. The van der Waals surface area contributed by atoms with Crippen molar-refractivity contribution >= 4 is 35.6 Å². The molecule has 1 aromatic heterocycles. The van der Waals surface area contributed by atoms with Gasteiger partial charge in [0.05, 0.1) is 0 Å². The summed E-state index contributed by atoms with van der Waals surface area (Å²) in [7, 11) is 1.96. The largest absolute Gasteiger partial charge is 0.371 e. The highest BCUT2D eigenvalue weighted by Gasteiger charge is 2.20. The second kappa shape index (κ2) is 12.1. The van der Waals surface area contributed by atoms with Crippen LogP contribution in [0.15, 0.2) is 29.3 Å². The Bertz CT molecular complexity index is 815. The van der Waals surface area contributed by atoms with E-state index in [2.05, 4.69) is 32.7 Å². The zero-order valence-electron chi connectivity index (χ0n) is 18.1. The summed E-state index contributed by atoms with van der Waals surface area (Å²) >= 11 is 0. The molecule has 1 aliphatic heterocycles. The first-order chi connectivity index (χ1) is 14.1. The Morgan fingerprint density at radius 1 is 1.27 bits per heavy atom. The number of hydrogen-bond donors (Lipinski definition) is 2. The third-order valence-electron chi connectivity index (χ3n) is 5.39. The van der Waals surface area contributed by atoms with Gasteiger partial charge in [0.1, 0.15) is 18.2 Å². The van der Waals surface area contributed by atoms with E-state index in [1.807, 2.05) is 24.6 Å². The molecule has 0 saturated carbocycles. The van der Waals surface area contributed by atoms with Crippen LogP contribution in [-0.2, 0) is 13.6 Å². The predicted molar refractivity (Wildman–Crippen MR) is 130 cm³/mol. The van der Waals surface area contributed by atoms with Gasteiger partial charge in [-0.2, -0.15) is 0 Å². The molecule has 1 fully saturated rings. The monoisotopic (exact) mass is 529 g/mol. The van der Waals surface area contributed by atoms with E-state index in [1.54, 1.807) is 12.1 Å². The van der Waals surface area contributed by atoms with Crippen LogP contribution in [-0.4, -0.2) is 46.4 Å². The maximum atomic E-state index is 13.5. The van der Waals surface area contributed by atoms with Crippen LogP contribution in [0.5, 0.6) is 0 Å². The molecule has 0 amide bonds. The Balaban J connectivity index is 0.00000320. The molecule has 0 radical (unpaired) electrons. The summed E-state index contributed by atoms with van der Waals surface area (Å²) in [6, 6.07) is 7.18. The lowest BCUT2D eigenvalue weighted by atomic mass is 10.0. The van der Waals surface area contributed by atoms with Crippen molar-refractivity contribution in [3.05, 3.63) is 41.7 Å². The normalized spacial score (nSPS) is 15.1. The van der Waals surface area contributed by atoms with Gasteiger partial charge in [-0.25, -0.2) is 9.38 Å². The smallest absolute Gasteiger partial charge is 0.191 e. The number of anilines is 1. The van der Waals surface area contributed by atoms with Crippen molar-refractivity contribution in [2.75, 3.05) is 24.5 Å². The van der Waals surface area contributed by atoms with Crippen molar-refractivity contribution in [1.82, 2.24) is 25.4 Å². The fraction of sp³-hybridized carbons (Fsp3) is 0.571. The van der Waals surface area contributed by atoms with Gasteiger partial charge in [-0.15, -0.1) is 34.2 Å². The van der Waals surface area contributed by atoms with Gasteiger partial charge in [0.15, 0.2) is 11.8 Å². The van der Waals surface area contributed by atoms with Crippen LogP contribution >= 0.6 is 24.0 Å². The van der Waals surface area contributed by atoms with E-state index in [0.29, 0.717) is 12.6 Å². The van der Waals surface area contributed by atoms with Crippen LogP contribution in [0.25, 0.3) is 0 Å². The SMILES string of the molecule is CCCCNC(=NCc1nnc(C)n1C)NC1CCN(c2cccc(F)c2)CC1.I. The Hall–Kier alpha value is -1.91. The van der Waals surface area contributed by atoms with E-state index in [1.165, 1.54) is 6.07 Å². The van der Waals surface area contributed by atoms with Crippen LogP contribution in [0.4, 0.5) is 10.1 Å². The highest BCUT2D eigenvalue weighted by atomic mass is 127. The van der Waals surface area contributed by atoms with E-state index in [-0.39, 0.29) is 29.8 Å². The quantitative estimate of drug-likeness (QED) is 0.249. The molecule has 0 atom stereocenters. The summed E-state index contributed by atoms with van der Waals surface area (Å²) in [6.07, 6.45) is 4.19. The standard InChI is InChI=1S/C21H32FN7.HI/c1-4-5-11-23-21(24-15-20-27-26-16(2)28(20)3)25-18-9-12-29(13-10-18)19-8-6-7-17(22)14-19;/h6-8,14,18H,4-5,9-13,15H2,1-3H3,(H2,23,24,25);1H. The first-order valence-corrected chi connectivity index (χ1v) is 10.5. The maximum absolute atomic E-state index is 13.5. The minimum absolute atomic E-state index is 0. The number of guanidine groups is 1. The van der Waals surface area contributed by atoms with Gasteiger partial charge >= 0.3 is 0 Å². The fourth-order valence-electron chi connectivity index (χ4n) is 3.42. The lowest BCUT2D eigenvalue weighted by molar-refractivity contribution is 0.460. The van der Waals surface area contributed by atoms with E-state index < -0.39 is 0 Å². The third-order valence-corrected chi connectivity index (χ3v) is 5.39. The van der Waals surface area contributed by atoms with Crippen LogP contribution in [0.2, 0.25) is 0 Å². The Kier molecular flexibility index (Phi) is 9.80. The van der Waals surface area contributed by atoms with Crippen molar-refractivity contribution in [3.63, 3.8) is 0 Å². The number of aliphatic imine (C=N–C) groups is 1. The molecule has 0 spiro atoms. The molecule has 2 aromatic rings. The molecule has 0 unspecified atom stereocenters. The molecule has 1 aromatic carbocycles. The molecule has 1 aliphatic rings. The van der Waals surface area contributed by atoms with Crippen molar-refractivity contribution in [2.45, 2.75) is 52.1 Å². The molecule has 9 heteroatoms. The first kappa shape index (κ1) is 24.4. The molecular weight excluding hydrogens is 496 g/mol. The second-order valence-corrected chi connectivity index (χ2v) is 7.55. The molecular formula is C21H33FIN7. The summed E-state index contributed by atoms with van der Waals surface area (Å²) in [5.74, 6) is 2.37. The molecule has 1 saturated heterocycles. The van der Waals surface area contributed by atoms with Gasteiger partial charge < -0.3 is 20.1 Å². The van der Waals surface area contributed by atoms with Crippen LogP contribution in [0.3, 0.4) is 0 Å². The van der Waals surface area contributed by atoms with Crippen LogP contribution in [0.1, 0.15) is 44.3 Å². The first-order valence-electron chi connectivity index (χ1n) is 10.5. The predicted octanol–water partition coefficient (Wildman–Crippen LogP) is 3.38. The zero-order chi connectivity index (χ0) is 20.6. The van der Waals surface area contributed by atoms with Gasteiger partial charge in [0.2, 0.25) is 0 Å². The van der Waals surface area contributed by atoms with Crippen molar-refractivity contribution in [2.24, 2.45) is 12.0 Å². The summed E-state index contributed by atoms with van der Waals surface area (Å²) in [5.41, 5.74) is 0.955. The second-order valence-electron chi connectivity index (χ2n) is 7.55. The van der Waals surface area contributed by atoms with Crippen LogP contribution < -0.4 is 15.5 Å². The fourth-order valence-corrected chi connectivity index (χ4v) is 3.42. The van der Waals surface area contributed by atoms with E-state index in [4.69, 9.17) is 4.99 Å². The van der Waals surface area contributed by atoms with Crippen molar-refractivity contribution in [3.8, 4) is 0 Å². The zero-order valence-corrected chi connectivity index (χ0v) is 20.4. The molecule has 2 heterocycles. The maximum Gasteiger partial charge on any atom is 0.191 e. The summed E-state index contributed by atoms with van der Waals surface area (Å²) in [4.78, 5) is 6.97. The van der Waals surface area contributed by atoms with Crippen LogP contribution in [0, 0.1) is 12.7 Å². The Labute approximate surface area is 195 Å². The molecule has 166 valence electrons. The van der Waals surface area contributed by atoms with Crippen molar-refractivity contribution in [1.29, 1.82) is 0 Å². The number of unbranched alkanes of at least 4 members (excludes halogenated alkanes) is 1. The molecule has 0 aliphatic carbocycles. The average Bonchev–Trinajstić information content (AvgIpc) is 3.04. The number of benzene rings is 1. The van der Waals surface area contributed by atoms with Gasteiger partial charge in [0, 0.05) is 38.4 Å². The summed E-state index contributed by atoms with van der Waals surface area (Å²) < 4.78 is 15.5. The van der Waals surface area contributed by atoms with Gasteiger partial charge in [-0.1, -0.05) is 19.4 Å². The lowest BCUT2D eigenvalue weighted by Gasteiger charge is -2.34. The number of piperidine rings is 1. The number of aryl methyl sites for hydroxylation is 1. The van der Waals surface area contributed by atoms with E-state index in [9.17, 15) is 4.39 Å². The number of nitrogens with one attached hydrogen (secondary N) is 2. The number of rotatable bonds is 7. The molecule has 2 N–H and O–H groups in total. The topological polar surface area (TPSA) is 70.4 Å². The summed E-state index contributed by atoms with van der Waals surface area (Å²) in [6.45, 7) is 7.28. The van der Waals surface area contributed by atoms with E-state index >= 15 is 0 Å². The Morgan fingerprint density at radius 3 is 2.67 bits per heavy atom. The minimum Gasteiger partial charge on any atom is -0.371 e.